The highest BCUT2D eigenvalue weighted by molar-refractivity contribution is 7.22. The van der Waals surface area contributed by atoms with Gasteiger partial charge in [0.25, 0.3) is 0 Å². The number of aromatic nitrogens is 1. The standard InChI is InChI=1S/C17H17N3O2S/c1-11(2)22-13-8-7-12(15(21)9-13)10-18-20-17-19-14-5-3-4-6-16(14)23-17/h3-11,21H,1-2H3,(H,19,20)/b18-10-. The third-order valence-electron chi connectivity index (χ3n) is 3.03. The number of hydrogen-bond acceptors (Lipinski definition) is 6. The molecule has 23 heavy (non-hydrogen) atoms. The zero-order valence-corrected chi connectivity index (χ0v) is 13.7. The van der Waals surface area contributed by atoms with Crippen molar-refractivity contribution in [3.8, 4) is 11.5 Å². The van der Waals surface area contributed by atoms with Gasteiger partial charge in [-0.3, -0.25) is 5.43 Å². The third-order valence-corrected chi connectivity index (χ3v) is 3.97. The molecule has 0 aliphatic carbocycles. The van der Waals surface area contributed by atoms with Gasteiger partial charge in [0.15, 0.2) is 0 Å². The number of benzene rings is 2. The van der Waals surface area contributed by atoms with Crippen molar-refractivity contribution in [2.24, 2.45) is 5.10 Å². The van der Waals surface area contributed by atoms with Crippen LogP contribution in [0.2, 0.25) is 0 Å². The molecule has 0 saturated heterocycles. The van der Waals surface area contributed by atoms with E-state index in [0.29, 0.717) is 16.4 Å². The van der Waals surface area contributed by atoms with Crippen LogP contribution in [0.25, 0.3) is 10.2 Å². The number of fused-ring (bicyclic) bond motifs is 1. The number of hydrazone groups is 1. The molecule has 0 bridgehead atoms. The molecule has 3 aromatic rings. The summed E-state index contributed by atoms with van der Waals surface area (Å²) in [5.41, 5.74) is 4.44. The number of rotatable bonds is 5. The van der Waals surface area contributed by atoms with Crippen LogP contribution in [0.4, 0.5) is 5.13 Å². The fourth-order valence-electron chi connectivity index (χ4n) is 2.06. The maximum absolute atomic E-state index is 10.0. The minimum atomic E-state index is 0.0645. The van der Waals surface area contributed by atoms with Crippen molar-refractivity contribution in [2.45, 2.75) is 20.0 Å². The van der Waals surface area contributed by atoms with E-state index in [1.807, 2.05) is 38.1 Å². The number of nitrogens with zero attached hydrogens (tertiary/aromatic N) is 2. The topological polar surface area (TPSA) is 66.7 Å². The molecule has 0 atom stereocenters. The van der Waals surface area contributed by atoms with Crippen LogP contribution >= 0.6 is 11.3 Å². The van der Waals surface area contributed by atoms with Gasteiger partial charge in [0.2, 0.25) is 5.13 Å². The molecule has 0 radical (unpaired) electrons. The highest BCUT2D eigenvalue weighted by atomic mass is 32.1. The molecule has 118 valence electrons. The second kappa shape index (κ2) is 6.66. The van der Waals surface area contributed by atoms with E-state index in [2.05, 4.69) is 15.5 Å². The van der Waals surface area contributed by atoms with Gasteiger partial charge in [-0.15, -0.1) is 0 Å². The van der Waals surface area contributed by atoms with Crippen molar-refractivity contribution >= 4 is 32.9 Å². The van der Waals surface area contributed by atoms with Gasteiger partial charge >= 0.3 is 0 Å². The average molecular weight is 327 g/mol. The summed E-state index contributed by atoms with van der Waals surface area (Å²) in [5.74, 6) is 0.756. The minimum Gasteiger partial charge on any atom is -0.507 e. The molecule has 1 aromatic heterocycles. The summed E-state index contributed by atoms with van der Waals surface area (Å²) >= 11 is 1.53. The van der Waals surface area contributed by atoms with Gasteiger partial charge in [-0.05, 0) is 38.1 Å². The van der Waals surface area contributed by atoms with Gasteiger partial charge in [0.1, 0.15) is 11.5 Å². The number of phenols is 1. The predicted octanol–water partition coefficient (Wildman–Crippen LogP) is 4.24. The number of hydrogen-bond donors (Lipinski definition) is 2. The van der Waals surface area contributed by atoms with Crippen molar-refractivity contribution < 1.29 is 9.84 Å². The average Bonchev–Trinajstić information content (AvgIpc) is 2.91. The quantitative estimate of drug-likeness (QED) is 0.543. The van der Waals surface area contributed by atoms with Crippen LogP contribution in [0.5, 0.6) is 11.5 Å². The summed E-state index contributed by atoms with van der Waals surface area (Å²) in [6.07, 6.45) is 1.62. The first-order chi connectivity index (χ1) is 11.1. The molecular formula is C17H17N3O2S. The Balaban J connectivity index is 1.70. The van der Waals surface area contributed by atoms with E-state index in [0.717, 1.165) is 10.2 Å². The van der Waals surface area contributed by atoms with Crippen molar-refractivity contribution in [3.05, 3.63) is 48.0 Å². The van der Waals surface area contributed by atoms with Crippen LogP contribution in [0.15, 0.2) is 47.6 Å². The third kappa shape index (κ3) is 3.78. The Kier molecular flexibility index (Phi) is 4.43. The summed E-state index contributed by atoms with van der Waals surface area (Å²) < 4.78 is 6.63. The van der Waals surface area contributed by atoms with E-state index in [4.69, 9.17) is 4.74 Å². The van der Waals surface area contributed by atoms with E-state index >= 15 is 0 Å². The molecule has 2 N–H and O–H groups in total. The predicted molar refractivity (Wildman–Crippen MR) is 94.7 cm³/mol. The lowest BCUT2D eigenvalue weighted by atomic mass is 10.2. The zero-order chi connectivity index (χ0) is 16.2. The maximum atomic E-state index is 10.0. The first-order valence-corrected chi connectivity index (χ1v) is 8.08. The highest BCUT2D eigenvalue weighted by Crippen LogP contribution is 2.26. The molecule has 5 nitrogen and oxygen atoms in total. The van der Waals surface area contributed by atoms with E-state index in [-0.39, 0.29) is 11.9 Å². The van der Waals surface area contributed by atoms with Crippen molar-refractivity contribution in [1.82, 2.24) is 4.98 Å². The Morgan fingerprint density at radius 2 is 2.09 bits per heavy atom. The van der Waals surface area contributed by atoms with Crippen molar-refractivity contribution in [1.29, 1.82) is 0 Å². The van der Waals surface area contributed by atoms with E-state index in [1.54, 1.807) is 24.4 Å². The molecule has 3 rings (SSSR count). The molecule has 6 heteroatoms. The monoisotopic (exact) mass is 327 g/mol. The van der Waals surface area contributed by atoms with E-state index < -0.39 is 0 Å². The Hall–Kier alpha value is -2.60. The fraction of sp³-hybridized carbons (Fsp3) is 0.176. The largest absolute Gasteiger partial charge is 0.507 e. The molecule has 1 heterocycles. The summed E-state index contributed by atoms with van der Waals surface area (Å²) in [5, 5.41) is 14.8. The molecular weight excluding hydrogens is 310 g/mol. The lowest BCUT2D eigenvalue weighted by Crippen LogP contribution is -2.05. The zero-order valence-electron chi connectivity index (χ0n) is 12.9. The first-order valence-electron chi connectivity index (χ1n) is 7.26. The van der Waals surface area contributed by atoms with Crippen LogP contribution in [0, 0.1) is 0 Å². The van der Waals surface area contributed by atoms with Gasteiger partial charge in [0, 0.05) is 11.6 Å². The molecule has 0 saturated carbocycles. The number of aromatic hydroxyl groups is 1. The maximum Gasteiger partial charge on any atom is 0.204 e. The van der Waals surface area contributed by atoms with Gasteiger partial charge in [-0.2, -0.15) is 5.10 Å². The lowest BCUT2D eigenvalue weighted by molar-refractivity contribution is 0.241. The number of thiazole rings is 1. The molecule has 0 fully saturated rings. The van der Waals surface area contributed by atoms with E-state index in [1.165, 1.54) is 11.3 Å². The van der Waals surface area contributed by atoms with Crippen LogP contribution in [0.1, 0.15) is 19.4 Å². The molecule has 0 aliphatic heterocycles. The first kappa shape index (κ1) is 15.3. The second-order valence-corrected chi connectivity index (χ2v) is 6.27. The number of phenolic OH excluding ortho intramolecular Hbond substituents is 1. The molecule has 0 spiro atoms. The summed E-state index contributed by atoms with van der Waals surface area (Å²) in [6.45, 7) is 3.88. The number of ether oxygens (including phenoxy) is 1. The van der Waals surface area contributed by atoms with Gasteiger partial charge in [-0.1, -0.05) is 23.5 Å². The molecule has 0 amide bonds. The SMILES string of the molecule is CC(C)Oc1ccc(/C=N\Nc2nc3ccccc3s2)c(O)c1. The van der Waals surface area contributed by atoms with Crippen LogP contribution < -0.4 is 10.2 Å². The van der Waals surface area contributed by atoms with Gasteiger partial charge in [0.05, 0.1) is 22.5 Å². The minimum absolute atomic E-state index is 0.0645. The Morgan fingerprint density at radius 3 is 2.83 bits per heavy atom. The number of anilines is 1. The normalized spacial score (nSPS) is 11.4. The number of nitrogens with one attached hydrogen (secondary N) is 1. The van der Waals surface area contributed by atoms with E-state index in [9.17, 15) is 5.11 Å². The number of para-hydroxylation sites is 1. The van der Waals surface area contributed by atoms with Crippen LogP contribution in [-0.4, -0.2) is 22.4 Å². The Bertz CT molecular complexity index is 810. The highest BCUT2D eigenvalue weighted by Gasteiger charge is 2.04. The smallest absolute Gasteiger partial charge is 0.204 e. The van der Waals surface area contributed by atoms with Gasteiger partial charge in [-0.25, -0.2) is 4.98 Å². The van der Waals surface area contributed by atoms with Gasteiger partial charge < -0.3 is 9.84 Å². The van der Waals surface area contributed by atoms with Crippen molar-refractivity contribution in [3.63, 3.8) is 0 Å². The summed E-state index contributed by atoms with van der Waals surface area (Å²) in [7, 11) is 0. The summed E-state index contributed by atoms with van der Waals surface area (Å²) in [4.78, 5) is 4.42. The summed E-state index contributed by atoms with van der Waals surface area (Å²) in [6, 6.07) is 13.1. The second-order valence-electron chi connectivity index (χ2n) is 5.24. The molecule has 0 aliphatic rings. The molecule has 2 aromatic carbocycles. The lowest BCUT2D eigenvalue weighted by Gasteiger charge is -2.10. The molecule has 0 unspecified atom stereocenters. The Labute approximate surface area is 138 Å². The van der Waals surface area contributed by atoms with Crippen molar-refractivity contribution in [2.75, 3.05) is 5.43 Å². The van der Waals surface area contributed by atoms with Crippen LogP contribution in [-0.2, 0) is 0 Å². The van der Waals surface area contributed by atoms with Crippen LogP contribution in [0.3, 0.4) is 0 Å². The fourth-order valence-corrected chi connectivity index (χ4v) is 2.87. The Morgan fingerprint density at radius 1 is 1.26 bits per heavy atom.